The molecule has 7 heteroatoms. The monoisotopic (exact) mass is 290 g/mol. The maximum atomic E-state index is 12.4. The van der Waals surface area contributed by atoms with E-state index in [1.54, 1.807) is 24.3 Å². The Kier molecular flexibility index (Phi) is 5.82. The molecule has 0 radical (unpaired) electrons. The molecule has 2 N–H and O–H groups in total. The van der Waals surface area contributed by atoms with Gasteiger partial charge in [-0.2, -0.15) is 13.2 Å². The third kappa shape index (κ3) is 5.08. The van der Waals surface area contributed by atoms with Gasteiger partial charge >= 0.3 is 6.18 Å². The van der Waals surface area contributed by atoms with Gasteiger partial charge in [-0.3, -0.25) is 4.79 Å². The van der Waals surface area contributed by atoms with Gasteiger partial charge in [-0.25, -0.2) is 0 Å². The Morgan fingerprint density at radius 1 is 1.35 bits per heavy atom. The minimum atomic E-state index is -4.44. The highest BCUT2D eigenvalue weighted by Gasteiger charge is 2.32. The number of halogens is 3. The molecule has 0 spiro atoms. The van der Waals surface area contributed by atoms with Crippen LogP contribution < -0.4 is 10.5 Å². The quantitative estimate of drug-likeness (QED) is 0.865. The average Bonchev–Trinajstić information content (AvgIpc) is 2.37. The number of hydrogen-bond donors (Lipinski definition) is 1. The van der Waals surface area contributed by atoms with E-state index in [1.807, 2.05) is 0 Å². The van der Waals surface area contributed by atoms with Gasteiger partial charge in [0.1, 0.15) is 12.3 Å². The van der Waals surface area contributed by atoms with E-state index < -0.39 is 18.6 Å². The Morgan fingerprint density at radius 2 is 2.00 bits per heavy atom. The van der Waals surface area contributed by atoms with Crippen molar-refractivity contribution in [1.82, 2.24) is 4.90 Å². The van der Waals surface area contributed by atoms with Gasteiger partial charge in [0.05, 0.1) is 13.5 Å². The van der Waals surface area contributed by atoms with E-state index in [0.717, 1.165) is 0 Å². The Balaban J connectivity index is 2.80. The van der Waals surface area contributed by atoms with Crippen molar-refractivity contribution in [3.05, 3.63) is 29.8 Å². The molecule has 0 heterocycles. The van der Waals surface area contributed by atoms with Gasteiger partial charge < -0.3 is 15.4 Å². The van der Waals surface area contributed by atoms with E-state index in [-0.39, 0.29) is 19.5 Å². The summed E-state index contributed by atoms with van der Waals surface area (Å²) in [6.07, 6.45) is -4.59. The first-order valence-corrected chi connectivity index (χ1v) is 6.04. The first kappa shape index (κ1) is 16.3. The van der Waals surface area contributed by atoms with Crippen LogP contribution in [0, 0.1) is 0 Å². The third-order valence-corrected chi connectivity index (χ3v) is 2.66. The second kappa shape index (κ2) is 7.14. The van der Waals surface area contributed by atoms with Crippen LogP contribution in [-0.2, 0) is 11.2 Å². The number of alkyl halides is 3. The topological polar surface area (TPSA) is 55.6 Å². The van der Waals surface area contributed by atoms with Crippen molar-refractivity contribution in [2.45, 2.75) is 12.6 Å². The van der Waals surface area contributed by atoms with Crippen molar-refractivity contribution in [2.75, 3.05) is 26.7 Å². The summed E-state index contributed by atoms with van der Waals surface area (Å²) in [6, 6.07) is 6.72. The first-order valence-electron chi connectivity index (χ1n) is 6.04. The number of hydrogen-bond acceptors (Lipinski definition) is 3. The lowest BCUT2D eigenvalue weighted by molar-refractivity contribution is -0.160. The normalized spacial score (nSPS) is 11.2. The third-order valence-electron chi connectivity index (χ3n) is 2.66. The molecular weight excluding hydrogens is 273 g/mol. The molecule has 0 aliphatic heterocycles. The number of carbonyl (C=O) groups excluding carboxylic acids is 1. The van der Waals surface area contributed by atoms with Crippen LogP contribution in [0.2, 0.25) is 0 Å². The molecule has 0 aromatic heterocycles. The molecule has 4 nitrogen and oxygen atoms in total. The summed E-state index contributed by atoms with van der Waals surface area (Å²) in [5.41, 5.74) is 5.80. The van der Waals surface area contributed by atoms with Gasteiger partial charge in [0, 0.05) is 18.7 Å². The largest absolute Gasteiger partial charge is 0.496 e. The zero-order valence-corrected chi connectivity index (χ0v) is 11.1. The van der Waals surface area contributed by atoms with Crippen molar-refractivity contribution in [2.24, 2.45) is 5.73 Å². The standard InChI is InChI=1S/C13H17F3N2O2/c1-20-11-5-3-2-4-10(11)8-12(19)18(7-6-17)9-13(14,15)16/h2-5H,6-9,17H2,1H3. The van der Waals surface area contributed by atoms with Gasteiger partial charge in [-0.05, 0) is 6.07 Å². The lowest BCUT2D eigenvalue weighted by Crippen LogP contribution is -2.42. The number of carbonyl (C=O) groups is 1. The molecule has 20 heavy (non-hydrogen) atoms. The zero-order valence-electron chi connectivity index (χ0n) is 11.1. The average molecular weight is 290 g/mol. The highest BCUT2D eigenvalue weighted by Crippen LogP contribution is 2.20. The number of nitrogens with zero attached hydrogens (tertiary/aromatic N) is 1. The molecular formula is C13H17F3N2O2. The van der Waals surface area contributed by atoms with E-state index >= 15 is 0 Å². The van der Waals surface area contributed by atoms with Crippen molar-refractivity contribution < 1.29 is 22.7 Å². The SMILES string of the molecule is COc1ccccc1CC(=O)N(CCN)CC(F)(F)F. The summed E-state index contributed by atoms with van der Waals surface area (Å²) in [5, 5.41) is 0. The summed E-state index contributed by atoms with van der Waals surface area (Å²) < 4.78 is 42.3. The first-order chi connectivity index (χ1) is 9.37. The number of ether oxygens (including phenoxy) is 1. The van der Waals surface area contributed by atoms with Crippen molar-refractivity contribution >= 4 is 5.91 Å². The summed E-state index contributed by atoms with van der Waals surface area (Å²) in [6.45, 7) is -1.45. The predicted molar refractivity (Wildman–Crippen MR) is 68.4 cm³/mol. The smallest absolute Gasteiger partial charge is 0.406 e. The van der Waals surface area contributed by atoms with Gasteiger partial charge in [-0.15, -0.1) is 0 Å². The predicted octanol–water partition coefficient (Wildman–Crippen LogP) is 1.59. The van der Waals surface area contributed by atoms with E-state index in [1.165, 1.54) is 7.11 Å². The zero-order chi connectivity index (χ0) is 15.2. The van der Waals surface area contributed by atoms with E-state index in [0.29, 0.717) is 16.2 Å². The highest BCUT2D eigenvalue weighted by atomic mass is 19.4. The van der Waals surface area contributed by atoms with Crippen LogP contribution in [0.3, 0.4) is 0 Å². The summed E-state index contributed by atoms with van der Waals surface area (Å²) in [7, 11) is 1.44. The summed E-state index contributed by atoms with van der Waals surface area (Å²) in [4.78, 5) is 12.7. The molecule has 0 unspecified atom stereocenters. The number of nitrogens with two attached hydrogens (primary N) is 1. The Bertz CT molecular complexity index is 449. The van der Waals surface area contributed by atoms with Gasteiger partial charge in [0.15, 0.2) is 0 Å². The maximum Gasteiger partial charge on any atom is 0.406 e. The second-order valence-corrected chi connectivity index (χ2v) is 4.21. The van der Waals surface area contributed by atoms with E-state index in [4.69, 9.17) is 10.5 Å². The molecule has 1 aromatic rings. The van der Waals surface area contributed by atoms with Crippen LogP contribution in [0.5, 0.6) is 5.75 Å². The second-order valence-electron chi connectivity index (χ2n) is 4.21. The molecule has 0 atom stereocenters. The van der Waals surface area contributed by atoms with Gasteiger partial charge in [-0.1, -0.05) is 18.2 Å². The van der Waals surface area contributed by atoms with Crippen LogP contribution in [0.4, 0.5) is 13.2 Å². The number of methoxy groups -OCH3 is 1. The molecule has 1 rings (SSSR count). The number of benzene rings is 1. The molecule has 0 aliphatic carbocycles. The minimum absolute atomic E-state index is 0.0201. The minimum Gasteiger partial charge on any atom is -0.496 e. The summed E-state index contributed by atoms with van der Waals surface area (Å²) >= 11 is 0. The van der Waals surface area contributed by atoms with Crippen molar-refractivity contribution in [3.63, 3.8) is 0 Å². The van der Waals surface area contributed by atoms with E-state index in [2.05, 4.69) is 0 Å². The van der Waals surface area contributed by atoms with Crippen LogP contribution in [0.25, 0.3) is 0 Å². The molecule has 1 amide bonds. The van der Waals surface area contributed by atoms with Crippen LogP contribution >= 0.6 is 0 Å². The molecule has 0 bridgehead atoms. The van der Waals surface area contributed by atoms with E-state index in [9.17, 15) is 18.0 Å². The molecule has 0 aliphatic rings. The van der Waals surface area contributed by atoms with Crippen LogP contribution in [0.15, 0.2) is 24.3 Å². The Labute approximate surface area is 115 Å². The molecule has 112 valence electrons. The van der Waals surface area contributed by atoms with Gasteiger partial charge in [0.25, 0.3) is 0 Å². The lowest BCUT2D eigenvalue weighted by atomic mass is 10.1. The fraction of sp³-hybridized carbons (Fsp3) is 0.462. The Hall–Kier alpha value is -1.76. The molecule has 0 fully saturated rings. The summed E-state index contributed by atoms with van der Waals surface area (Å²) in [5.74, 6) is -0.155. The number of para-hydroxylation sites is 1. The van der Waals surface area contributed by atoms with Crippen molar-refractivity contribution in [3.8, 4) is 5.75 Å². The van der Waals surface area contributed by atoms with Gasteiger partial charge in [0.2, 0.25) is 5.91 Å². The number of rotatable bonds is 6. The van der Waals surface area contributed by atoms with Crippen LogP contribution in [-0.4, -0.2) is 43.7 Å². The fourth-order valence-electron chi connectivity index (χ4n) is 1.79. The molecule has 0 saturated carbocycles. The van der Waals surface area contributed by atoms with Crippen LogP contribution in [0.1, 0.15) is 5.56 Å². The fourth-order valence-corrected chi connectivity index (χ4v) is 1.79. The lowest BCUT2D eigenvalue weighted by Gasteiger charge is -2.23. The van der Waals surface area contributed by atoms with Crippen molar-refractivity contribution in [1.29, 1.82) is 0 Å². The maximum absolute atomic E-state index is 12.4. The molecule has 0 saturated heterocycles. The number of amides is 1. The Morgan fingerprint density at radius 3 is 2.55 bits per heavy atom. The molecule has 1 aromatic carbocycles. The highest BCUT2D eigenvalue weighted by molar-refractivity contribution is 5.79.